The minimum Gasteiger partial charge on any atom is -0.469 e. The zero-order valence-corrected chi connectivity index (χ0v) is 24.6. The van der Waals surface area contributed by atoms with Gasteiger partial charge in [-0.05, 0) is 76.9 Å². The van der Waals surface area contributed by atoms with Gasteiger partial charge in [0.1, 0.15) is 12.4 Å². The predicted molar refractivity (Wildman–Crippen MR) is 161 cm³/mol. The van der Waals surface area contributed by atoms with Crippen LogP contribution >= 0.6 is 11.6 Å². The molecule has 45 heavy (non-hydrogen) atoms. The molecule has 0 saturated heterocycles. The lowest BCUT2D eigenvalue weighted by atomic mass is 9.97. The van der Waals surface area contributed by atoms with Gasteiger partial charge in [0.05, 0.1) is 31.0 Å². The van der Waals surface area contributed by atoms with Crippen molar-refractivity contribution in [1.29, 1.82) is 0 Å². The summed E-state index contributed by atoms with van der Waals surface area (Å²) in [7, 11) is 1.25. The Bertz CT molecular complexity index is 1740. The molecule has 2 aromatic carbocycles. The second-order valence-corrected chi connectivity index (χ2v) is 10.6. The van der Waals surface area contributed by atoms with Gasteiger partial charge in [-0.3, -0.25) is 14.6 Å². The Balaban J connectivity index is 1.47. The molecule has 2 bridgehead atoms. The van der Waals surface area contributed by atoms with E-state index in [1.54, 1.807) is 54.6 Å². The van der Waals surface area contributed by atoms with Gasteiger partial charge in [-0.2, -0.15) is 17.9 Å². The molecule has 2 atom stereocenters. The monoisotopic (exact) mass is 637 g/mol. The van der Waals surface area contributed by atoms with E-state index in [0.717, 1.165) is 0 Å². The van der Waals surface area contributed by atoms with Crippen LogP contribution in [0.2, 0.25) is 5.02 Å². The molecule has 1 aliphatic heterocycles. The van der Waals surface area contributed by atoms with Gasteiger partial charge in [-0.25, -0.2) is 0 Å². The highest BCUT2D eigenvalue weighted by Gasteiger charge is 2.39. The zero-order chi connectivity index (χ0) is 32.0. The molecule has 0 aliphatic carbocycles. The third-order valence-electron chi connectivity index (χ3n) is 7.06. The van der Waals surface area contributed by atoms with Crippen LogP contribution in [-0.4, -0.2) is 56.4 Å². The number of aromatic nitrogens is 5. The van der Waals surface area contributed by atoms with Crippen molar-refractivity contribution in [3.63, 3.8) is 0 Å². The van der Waals surface area contributed by atoms with E-state index in [1.165, 1.54) is 42.5 Å². The number of tetrazole rings is 1. The number of rotatable bonds is 6. The molecule has 3 heterocycles. The maximum Gasteiger partial charge on any atom is 0.408 e. The van der Waals surface area contributed by atoms with Crippen LogP contribution in [0.4, 0.5) is 18.9 Å². The Labute approximate surface area is 261 Å². The summed E-state index contributed by atoms with van der Waals surface area (Å²) < 4.78 is 48.4. The summed E-state index contributed by atoms with van der Waals surface area (Å²) in [5.74, 6) is -0.975. The number of nitrogens with zero attached hydrogens (tertiary/aromatic N) is 5. The van der Waals surface area contributed by atoms with Gasteiger partial charge in [-0.1, -0.05) is 35.9 Å². The first-order chi connectivity index (χ1) is 21.6. The molecule has 2 N–H and O–H groups in total. The normalized spacial score (nSPS) is 17.4. The average Bonchev–Trinajstić information content (AvgIpc) is 3.55. The number of amides is 1. The number of hydrogen-bond acceptors (Lipinski definition) is 8. The maximum absolute atomic E-state index is 14.1. The number of halogens is 4. The van der Waals surface area contributed by atoms with Gasteiger partial charge < -0.3 is 15.4 Å². The van der Waals surface area contributed by atoms with Gasteiger partial charge in [0.2, 0.25) is 5.91 Å². The number of fused-ring (bicyclic) bond motifs is 4. The van der Waals surface area contributed by atoms with Gasteiger partial charge in [0.15, 0.2) is 0 Å². The topological polar surface area (TPSA) is 124 Å². The van der Waals surface area contributed by atoms with Crippen molar-refractivity contribution in [2.75, 3.05) is 12.4 Å². The SMILES string of the molecule is COC(=O)Cc1ccc2c(c1)NC(C(F)(F)F)C/C=C/C[C@H](NC(=O)/C=C/c1cc(Cl)ccc1-n1cnnn1)c1cc-2ccn1. The highest BCUT2D eigenvalue weighted by Crippen LogP contribution is 2.35. The first kappa shape index (κ1) is 31.4. The number of carbonyl (C=O) groups excluding carboxylic acids is 2. The fourth-order valence-electron chi connectivity index (χ4n) is 4.82. The van der Waals surface area contributed by atoms with Crippen molar-refractivity contribution in [2.45, 2.75) is 37.5 Å². The number of pyridine rings is 1. The minimum absolute atomic E-state index is 0.0995. The van der Waals surface area contributed by atoms with E-state index < -0.39 is 30.1 Å². The molecule has 4 aromatic rings. The molecule has 0 saturated carbocycles. The second kappa shape index (κ2) is 13.7. The summed E-state index contributed by atoms with van der Waals surface area (Å²) in [6, 6.07) is 10.7. The number of carbonyl (C=O) groups is 2. The molecule has 10 nitrogen and oxygen atoms in total. The third-order valence-corrected chi connectivity index (χ3v) is 7.30. The van der Waals surface area contributed by atoms with Crippen LogP contribution in [0.25, 0.3) is 22.9 Å². The van der Waals surface area contributed by atoms with Crippen molar-refractivity contribution < 1.29 is 27.5 Å². The quantitative estimate of drug-likeness (QED) is 0.158. The molecule has 0 fully saturated rings. The van der Waals surface area contributed by atoms with Crippen molar-refractivity contribution in [3.05, 3.63) is 101 Å². The number of alkyl halides is 3. The lowest BCUT2D eigenvalue weighted by molar-refractivity contribution is -0.142. The van der Waals surface area contributed by atoms with E-state index in [9.17, 15) is 22.8 Å². The van der Waals surface area contributed by atoms with Crippen LogP contribution in [-0.2, 0) is 20.7 Å². The number of esters is 1. The van der Waals surface area contributed by atoms with Crippen molar-refractivity contribution >= 4 is 35.2 Å². The van der Waals surface area contributed by atoms with Crippen LogP contribution in [0.15, 0.2) is 79.3 Å². The smallest absolute Gasteiger partial charge is 0.408 e. The summed E-state index contributed by atoms with van der Waals surface area (Å²) in [4.78, 5) is 29.5. The van der Waals surface area contributed by atoms with Crippen LogP contribution < -0.4 is 10.6 Å². The molecular weight excluding hydrogens is 611 g/mol. The standard InChI is InChI=1S/C31H27ClF3N7O3/c1-45-30(44)15-19-6-9-23-20-12-13-36-26(17-20)24(4-2-3-5-28(31(33,34)35)38-25(23)14-19)39-29(43)11-7-21-16-22(32)8-10-27(21)42-18-37-40-41-42/h2-3,6-14,16-18,24,28,38H,4-5,15H2,1H3,(H,39,43)/b3-2+,11-7+/t24-,28?/m0/s1. The van der Waals surface area contributed by atoms with E-state index in [-0.39, 0.29) is 24.9 Å². The van der Waals surface area contributed by atoms with E-state index in [1.807, 2.05) is 0 Å². The molecular formula is C31H27ClF3N7O3. The highest BCUT2D eigenvalue weighted by molar-refractivity contribution is 6.30. The van der Waals surface area contributed by atoms with Crippen molar-refractivity contribution in [2.24, 2.45) is 0 Å². The lowest BCUT2D eigenvalue weighted by Crippen LogP contribution is -2.36. The molecule has 1 aliphatic rings. The van der Waals surface area contributed by atoms with Gasteiger partial charge in [0, 0.05) is 34.1 Å². The maximum atomic E-state index is 14.1. The number of hydrogen-bond donors (Lipinski definition) is 2. The Hall–Kier alpha value is -5.04. The number of methoxy groups -OCH3 is 1. The second-order valence-electron chi connectivity index (χ2n) is 10.1. The summed E-state index contributed by atoms with van der Waals surface area (Å²) in [6.45, 7) is 0. The number of benzene rings is 2. The summed E-state index contributed by atoms with van der Waals surface area (Å²) in [5.41, 5.74) is 3.44. The number of ether oxygens (including phenoxy) is 1. The molecule has 1 amide bonds. The first-order valence-electron chi connectivity index (χ1n) is 13.8. The van der Waals surface area contributed by atoms with Gasteiger partial charge in [0.25, 0.3) is 0 Å². The van der Waals surface area contributed by atoms with Crippen LogP contribution in [0, 0.1) is 0 Å². The van der Waals surface area contributed by atoms with Crippen molar-refractivity contribution in [1.82, 2.24) is 30.5 Å². The average molecular weight is 638 g/mol. The molecule has 14 heteroatoms. The number of nitrogens with one attached hydrogen (secondary N) is 2. The molecule has 2 aromatic heterocycles. The summed E-state index contributed by atoms with van der Waals surface area (Å²) in [5, 5.41) is 17.2. The Morgan fingerprint density at radius 3 is 2.71 bits per heavy atom. The highest BCUT2D eigenvalue weighted by atomic mass is 35.5. The van der Waals surface area contributed by atoms with Gasteiger partial charge in [-0.15, -0.1) is 5.10 Å². The summed E-state index contributed by atoms with van der Waals surface area (Å²) >= 11 is 6.18. The Morgan fingerprint density at radius 1 is 1.13 bits per heavy atom. The minimum atomic E-state index is -4.56. The van der Waals surface area contributed by atoms with E-state index >= 15 is 0 Å². The van der Waals surface area contributed by atoms with Crippen molar-refractivity contribution in [3.8, 4) is 16.8 Å². The molecule has 0 radical (unpaired) electrons. The molecule has 1 unspecified atom stereocenters. The van der Waals surface area contributed by atoms with Crippen LogP contribution in [0.5, 0.6) is 0 Å². The largest absolute Gasteiger partial charge is 0.469 e. The number of anilines is 1. The third kappa shape index (κ3) is 7.92. The summed E-state index contributed by atoms with van der Waals surface area (Å²) in [6.07, 6.45) is 4.02. The molecule has 0 spiro atoms. The van der Waals surface area contributed by atoms with E-state index in [4.69, 9.17) is 16.3 Å². The Morgan fingerprint density at radius 2 is 1.96 bits per heavy atom. The lowest BCUT2D eigenvalue weighted by Gasteiger charge is -2.25. The van der Waals surface area contributed by atoms with E-state index in [0.29, 0.717) is 38.7 Å². The molecule has 5 rings (SSSR count). The fourth-order valence-corrected chi connectivity index (χ4v) is 5.00. The fraction of sp³-hybridized carbons (Fsp3) is 0.226. The zero-order valence-electron chi connectivity index (χ0n) is 23.8. The van der Waals surface area contributed by atoms with Gasteiger partial charge >= 0.3 is 12.1 Å². The predicted octanol–water partition coefficient (Wildman–Crippen LogP) is 5.66. The Kier molecular flexibility index (Phi) is 9.57. The van der Waals surface area contributed by atoms with Crippen LogP contribution in [0.1, 0.15) is 35.7 Å². The first-order valence-corrected chi connectivity index (χ1v) is 14.1. The van der Waals surface area contributed by atoms with E-state index in [2.05, 4.69) is 31.1 Å². The molecule has 232 valence electrons. The van der Waals surface area contributed by atoms with Crippen LogP contribution in [0.3, 0.4) is 0 Å².